The molecule has 0 heterocycles. The Labute approximate surface area is 95.7 Å². The van der Waals surface area contributed by atoms with E-state index in [2.05, 4.69) is 24.0 Å². The molecule has 0 spiro atoms. The minimum absolute atomic E-state index is 0.715. The molecule has 1 heteroatoms. The van der Waals surface area contributed by atoms with Crippen molar-refractivity contribution < 1.29 is 0 Å². The highest BCUT2D eigenvalue weighted by atomic mass is 14.2. The Balaban J connectivity index is 2.45. The van der Waals surface area contributed by atoms with Gasteiger partial charge in [-0.25, -0.2) is 0 Å². The lowest BCUT2D eigenvalue weighted by Crippen LogP contribution is -1.88. The molecule has 0 aliphatic heterocycles. The summed E-state index contributed by atoms with van der Waals surface area (Å²) in [4.78, 5) is 0. The Bertz CT molecular complexity index is 545. The molecule has 0 aromatic heterocycles. The highest BCUT2D eigenvalue weighted by Gasteiger charge is 2.03. The summed E-state index contributed by atoms with van der Waals surface area (Å²) < 4.78 is 0. The second kappa shape index (κ2) is 5.01. The van der Waals surface area contributed by atoms with Crippen molar-refractivity contribution in [2.75, 3.05) is 0 Å². The largest absolute Gasteiger partial charge is 0.192 e. The van der Waals surface area contributed by atoms with Gasteiger partial charge in [0.2, 0.25) is 0 Å². The van der Waals surface area contributed by atoms with Crippen LogP contribution in [0.2, 0.25) is 0 Å². The van der Waals surface area contributed by atoms with Crippen molar-refractivity contribution in [2.45, 2.75) is 12.8 Å². The van der Waals surface area contributed by atoms with Crippen LogP contribution in [0.5, 0.6) is 0 Å². The Morgan fingerprint density at radius 2 is 1.94 bits per heavy atom. The van der Waals surface area contributed by atoms with Crippen LogP contribution in [0, 0.1) is 23.2 Å². The number of nitriles is 1. The summed E-state index contributed by atoms with van der Waals surface area (Å²) in [6.45, 7) is 0. The molecule has 1 nitrogen and oxygen atoms in total. The maximum absolute atomic E-state index is 9.05. The summed E-state index contributed by atoms with van der Waals surface area (Å²) in [5, 5.41) is 9.05. The average Bonchev–Trinajstić information content (AvgIpc) is 2.29. The lowest BCUT2D eigenvalue weighted by molar-refractivity contribution is 1.38. The molecule has 0 atom stereocenters. The Hall–Kier alpha value is -2.25. The van der Waals surface area contributed by atoms with Gasteiger partial charge in [0.1, 0.15) is 0 Å². The summed E-state index contributed by atoms with van der Waals surface area (Å²) >= 11 is 0. The molecular weight excluding hydrogens is 194 g/mol. The molecule has 0 saturated heterocycles. The van der Waals surface area contributed by atoms with E-state index in [-0.39, 0.29) is 0 Å². The molecule has 1 aromatic rings. The fourth-order valence-corrected chi connectivity index (χ4v) is 1.65. The second-order valence-electron chi connectivity index (χ2n) is 3.48. The lowest BCUT2D eigenvalue weighted by atomic mass is 9.98. The molecule has 0 bridgehead atoms. The summed E-state index contributed by atoms with van der Waals surface area (Å²) in [6, 6.07) is 9.87. The first-order chi connectivity index (χ1) is 7.92. The zero-order chi connectivity index (χ0) is 11.2. The lowest BCUT2D eigenvalue weighted by Gasteiger charge is -2.05. The van der Waals surface area contributed by atoms with Crippen molar-refractivity contribution >= 4 is 5.57 Å². The van der Waals surface area contributed by atoms with Gasteiger partial charge in [-0.05, 0) is 17.2 Å². The van der Waals surface area contributed by atoms with Gasteiger partial charge in [-0.3, -0.25) is 0 Å². The number of nitrogens with zero attached hydrogens (tertiary/aromatic N) is 1. The Kier molecular flexibility index (Phi) is 3.22. The number of hydrogen-bond donors (Lipinski definition) is 0. The Morgan fingerprint density at radius 1 is 1.12 bits per heavy atom. The quantitative estimate of drug-likeness (QED) is 0.645. The molecular formula is C15H11N. The fraction of sp³-hybridized carbons (Fsp3) is 0.133. The zero-order valence-corrected chi connectivity index (χ0v) is 8.90. The van der Waals surface area contributed by atoms with Gasteiger partial charge in [0.05, 0.1) is 11.6 Å². The third-order valence-corrected chi connectivity index (χ3v) is 2.42. The van der Waals surface area contributed by atoms with E-state index in [4.69, 9.17) is 5.26 Å². The van der Waals surface area contributed by atoms with Gasteiger partial charge >= 0.3 is 0 Å². The van der Waals surface area contributed by atoms with E-state index in [1.165, 1.54) is 0 Å². The van der Waals surface area contributed by atoms with Crippen LogP contribution in [0.1, 0.15) is 24.0 Å². The topological polar surface area (TPSA) is 23.8 Å². The number of benzene rings is 1. The summed E-state index contributed by atoms with van der Waals surface area (Å²) in [5.74, 6) is 6.11. The maximum atomic E-state index is 9.05. The third-order valence-electron chi connectivity index (χ3n) is 2.42. The maximum Gasteiger partial charge on any atom is 0.0998 e. The van der Waals surface area contributed by atoms with Crippen LogP contribution < -0.4 is 0 Å². The van der Waals surface area contributed by atoms with Gasteiger partial charge < -0.3 is 0 Å². The zero-order valence-electron chi connectivity index (χ0n) is 8.90. The van der Waals surface area contributed by atoms with Gasteiger partial charge in [-0.1, -0.05) is 48.3 Å². The van der Waals surface area contributed by atoms with Crippen molar-refractivity contribution in [1.29, 1.82) is 5.26 Å². The SMILES string of the molecule is N#Cc1ccccc1C1=C/CC#CC/C=C\1. The van der Waals surface area contributed by atoms with E-state index in [1.54, 1.807) is 0 Å². The van der Waals surface area contributed by atoms with Crippen LogP contribution in [0.25, 0.3) is 5.57 Å². The first-order valence-electron chi connectivity index (χ1n) is 5.24. The van der Waals surface area contributed by atoms with Gasteiger partial charge in [-0.2, -0.15) is 5.26 Å². The number of hydrogen-bond acceptors (Lipinski definition) is 1. The molecule has 0 fully saturated rings. The molecule has 16 heavy (non-hydrogen) atoms. The number of allylic oxidation sites excluding steroid dienone is 4. The molecule has 1 aromatic carbocycles. The van der Waals surface area contributed by atoms with Crippen molar-refractivity contribution in [2.24, 2.45) is 0 Å². The first kappa shape index (κ1) is 10.3. The van der Waals surface area contributed by atoms with Crippen molar-refractivity contribution in [3.8, 4) is 17.9 Å². The number of rotatable bonds is 1. The molecule has 0 N–H and O–H groups in total. The predicted molar refractivity (Wildman–Crippen MR) is 65.3 cm³/mol. The highest BCUT2D eigenvalue weighted by molar-refractivity contribution is 5.78. The van der Waals surface area contributed by atoms with Crippen molar-refractivity contribution in [3.05, 3.63) is 53.6 Å². The third kappa shape index (κ3) is 2.22. The van der Waals surface area contributed by atoms with Crippen molar-refractivity contribution in [3.63, 3.8) is 0 Å². The second-order valence-corrected chi connectivity index (χ2v) is 3.48. The standard InChI is InChI=1S/C15H11N/c16-12-14-10-6-7-11-15(14)13-8-4-2-1-3-5-9-13/h4,6-11H,2,5H2/b8-4-,13-9+. The molecule has 0 unspecified atom stereocenters. The van der Waals surface area contributed by atoms with Crippen LogP contribution >= 0.6 is 0 Å². The average molecular weight is 205 g/mol. The molecule has 0 amide bonds. The van der Waals surface area contributed by atoms with E-state index in [0.29, 0.717) is 5.56 Å². The summed E-state index contributed by atoms with van der Waals surface area (Å²) in [7, 11) is 0. The molecule has 1 aliphatic carbocycles. The van der Waals surface area contributed by atoms with Crippen molar-refractivity contribution in [1.82, 2.24) is 0 Å². The molecule has 0 radical (unpaired) electrons. The molecule has 76 valence electrons. The summed E-state index contributed by atoms with van der Waals surface area (Å²) in [6.07, 6.45) is 7.68. The van der Waals surface area contributed by atoms with Crippen LogP contribution in [0.3, 0.4) is 0 Å². The van der Waals surface area contributed by atoms with E-state index >= 15 is 0 Å². The van der Waals surface area contributed by atoms with Gasteiger partial charge in [-0.15, -0.1) is 0 Å². The van der Waals surface area contributed by atoms with Crippen LogP contribution in [-0.4, -0.2) is 0 Å². The normalized spacial score (nSPS) is 19.1. The van der Waals surface area contributed by atoms with E-state index < -0.39 is 0 Å². The van der Waals surface area contributed by atoms with Crippen LogP contribution in [-0.2, 0) is 0 Å². The van der Waals surface area contributed by atoms with Gasteiger partial charge in [0.25, 0.3) is 0 Å². The fourth-order valence-electron chi connectivity index (χ4n) is 1.65. The van der Waals surface area contributed by atoms with E-state index in [9.17, 15) is 0 Å². The molecule has 2 rings (SSSR count). The van der Waals surface area contributed by atoms with E-state index in [1.807, 2.05) is 36.4 Å². The molecule has 0 saturated carbocycles. The minimum atomic E-state index is 0.715. The first-order valence-corrected chi connectivity index (χ1v) is 5.24. The van der Waals surface area contributed by atoms with Crippen LogP contribution in [0.15, 0.2) is 42.5 Å². The smallest absolute Gasteiger partial charge is 0.0998 e. The van der Waals surface area contributed by atoms with Crippen LogP contribution in [0.4, 0.5) is 0 Å². The van der Waals surface area contributed by atoms with Gasteiger partial charge in [0, 0.05) is 12.8 Å². The monoisotopic (exact) mass is 205 g/mol. The predicted octanol–water partition coefficient (Wildman–Crippen LogP) is 3.30. The minimum Gasteiger partial charge on any atom is -0.192 e. The van der Waals surface area contributed by atoms with Gasteiger partial charge in [0.15, 0.2) is 0 Å². The highest BCUT2D eigenvalue weighted by Crippen LogP contribution is 2.21. The Morgan fingerprint density at radius 3 is 2.81 bits per heavy atom. The summed E-state index contributed by atoms with van der Waals surface area (Å²) in [5.41, 5.74) is 2.79. The van der Waals surface area contributed by atoms with E-state index in [0.717, 1.165) is 24.0 Å². The molecule has 1 aliphatic rings.